The minimum Gasteiger partial charge on any atom is -0.309 e. The number of nitrogens with zero attached hydrogens (tertiary/aromatic N) is 1. The second-order valence-corrected chi connectivity index (χ2v) is 16.3. The second-order valence-electron chi connectivity index (χ2n) is 16.3. The minimum atomic E-state index is -0.542. The van der Waals surface area contributed by atoms with Gasteiger partial charge >= 0.3 is 0 Å². The van der Waals surface area contributed by atoms with Gasteiger partial charge in [-0.3, -0.25) is 0 Å². The van der Waals surface area contributed by atoms with Gasteiger partial charge in [-0.25, -0.2) is 0 Å². The monoisotopic (exact) mass is 767 g/mol. The van der Waals surface area contributed by atoms with Crippen molar-refractivity contribution in [1.29, 1.82) is 0 Å². The van der Waals surface area contributed by atoms with Gasteiger partial charge in [0, 0.05) is 16.8 Å². The van der Waals surface area contributed by atoms with Gasteiger partial charge in [-0.15, -0.1) is 0 Å². The Labute approximate surface area is 353 Å². The fraction of sp³-hybridized carbons (Fsp3) is 0.0847. The van der Waals surface area contributed by atoms with Crippen molar-refractivity contribution in [3.05, 3.63) is 258 Å². The van der Waals surface area contributed by atoms with Crippen LogP contribution in [0.5, 0.6) is 0 Å². The average Bonchev–Trinajstić information content (AvgIpc) is 3.62. The molecule has 286 valence electrons. The van der Waals surface area contributed by atoms with E-state index < -0.39 is 5.41 Å². The first kappa shape index (κ1) is 35.9. The Morgan fingerprint density at radius 2 is 0.850 bits per heavy atom. The Bertz CT molecular complexity index is 2910. The van der Waals surface area contributed by atoms with Gasteiger partial charge in [-0.1, -0.05) is 194 Å². The number of para-hydroxylation sites is 1. The highest BCUT2D eigenvalue weighted by atomic mass is 15.1. The number of rotatable bonds is 8. The predicted octanol–water partition coefficient (Wildman–Crippen LogP) is 15.4. The summed E-state index contributed by atoms with van der Waals surface area (Å²) < 4.78 is 0. The molecule has 0 saturated carbocycles. The number of benzene rings is 9. The normalized spacial score (nSPS) is 13.5. The van der Waals surface area contributed by atoms with Crippen molar-refractivity contribution in [3.8, 4) is 44.5 Å². The molecule has 1 nitrogen and oxygen atoms in total. The van der Waals surface area contributed by atoms with Crippen molar-refractivity contribution in [2.75, 3.05) is 4.90 Å². The van der Waals surface area contributed by atoms with Crippen LogP contribution in [0.1, 0.15) is 46.2 Å². The summed E-state index contributed by atoms with van der Waals surface area (Å²) in [5.74, 6) is 0. The van der Waals surface area contributed by atoms with Gasteiger partial charge in [0.05, 0.1) is 16.8 Å². The maximum atomic E-state index is 2.55. The standard InChI is InChI=1S/C59H45N/c1-5-19-42(20-6-1)44-35-37-50(38-36-44)60(57-32-18-16-29-51(57)45-22-7-2-8-23-45)58-41-56-54(40-53(58)47-34-33-43-21-13-14-24-46(43)39-47)52-30-15-17-31-55(52)59(56,48-25-9-3-10-26-48)49-27-11-4-12-28-49/h1-12,15-20,22-23,25-41H,13-14,21,24H2. The summed E-state index contributed by atoms with van der Waals surface area (Å²) >= 11 is 0. The first-order valence-electron chi connectivity index (χ1n) is 21.4. The van der Waals surface area contributed by atoms with E-state index in [1.54, 1.807) is 0 Å². The van der Waals surface area contributed by atoms with Gasteiger partial charge in [0.15, 0.2) is 0 Å². The first-order chi connectivity index (χ1) is 29.8. The molecular formula is C59H45N. The van der Waals surface area contributed by atoms with Crippen molar-refractivity contribution in [3.63, 3.8) is 0 Å². The van der Waals surface area contributed by atoms with Crippen LogP contribution >= 0.6 is 0 Å². The largest absolute Gasteiger partial charge is 0.309 e. The van der Waals surface area contributed by atoms with Crippen LogP contribution in [-0.2, 0) is 18.3 Å². The summed E-state index contributed by atoms with van der Waals surface area (Å²) in [7, 11) is 0. The zero-order valence-electron chi connectivity index (χ0n) is 33.6. The van der Waals surface area contributed by atoms with Gasteiger partial charge in [0.1, 0.15) is 0 Å². The summed E-state index contributed by atoms with van der Waals surface area (Å²) in [6, 6.07) is 83.5. The molecule has 2 aliphatic rings. The Hall–Kier alpha value is -7.22. The van der Waals surface area contributed by atoms with Crippen LogP contribution in [0.15, 0.2) is 224 Å². The summed E-state index contributed by atoms with van der Waals surface area (Å²) in [6.07, 6.45) is 4.78. The fourth-order valence-electron chi connectivity index (χ4n) is 10.2. The van der Waals surface area contributed by atoms with E-state index in [4.69, 9.17) is 0 Å². The molecule has 0 heterocycles. The summed E-state index contributed by atoms with van der Waals surface area (Å²) in [6.45, 7) is 0. The molecule has 0 fully saturated rings. The van der Waals surface area contributed by atoms with E-state index in [2.05, 4.69) is 229 Å². The zero-order valence-corrected chi connectivity index (χ0v) is 33.6. The van der Waals surface area contributed by atoms with E-state index in [0.29, 0.717) is 0 Å². The lowest BCUT2D eigenvalue weighted by molar-refractivity contribution is 0.686. The molecule has 0 spiro atoms. The molecule has 0 saturated heterocycles. The van der Waals surface area contributed by atoms with Crippen LogP contribution in [-0.4, -0.2) is 0 Å². The number of fused-ring (bicyclic) bond motifs is 4. The molecule has 0 aliphatic heterocycles. The van der Waals surface area contributed by atoms with Crippen LogP contribution in [0.25, 0.3) is 44.5 Å². The summed E-state index contributed by atoms with van der Waals surface area (Å²) in [5, 5.41) is 0. The van der Waals surface area contributed by atoms with Gasteiger partial charge in [-0.05, 0) is 123 Å². The van der Waals surface area contributed by atoms with Crippen LogP contribution in [0, 0.1) is 0 Å². The van der Waals surface area contributed by atoms with Crippen LogP contribution in [0.4, 0.5) is 17.1 Å². The smallest absolute Gasteiger partial charge is 0.0714 e. The average molecular weight is 768 g/mol. The Kier molecular flexibility index (Phi) is 9.09. The van der Waals surface area contributed by atoms with Gasteiger partial charge < -0.3 is 4.90 Å². The van der Waals surface area contributed by atoms with Crippen molar-refractivity contribution < 1.29 is 0 Å². The van der Waals surface area contributed by atoms with Crippen molar-refractivity contribution in [2.24, 2.45) is 0 Å². The number of aryl methyl sites for hydroxylation is 2. The molecule has 9 aromatic rings. The van der Waals surface area contributed by atoms with E-state index in [9.17, 15) is 0 Å². The summed E-state index contributed by atoms with van der Waals surface area (Å²) in [5.41, 5.74) is 20.8. The maximum Gasteiger partial charge on any atom is 0.0714 e. The Balaban J connectivity index is 1.25. The van der Waals surface area contributed by atoms with Gasteiger partial charge in [0.2, 0.25) is 0 Å². The quantitative estimate of drug-likeness (QED) is 0.149. The Morgan fingerprint density at radius 1 is 0.317 bits per heavy atom. The molecule has 11 rings (SSSR count). The van der Waals surface area contributed by atoms with Gasteiger partial charge in [0.25, 0.3) is 0 Å². The molecule has 60 heavy (non-hydrogen) atoms. The SMILES string of the molecule is c1ccc(-c2ccc(N(c3ccccc3-c3ccccc3)c3cc4c(cc3-c3ccc5c(c3)CCCC5)-c3ccccc3C4(c3ccccc3)c3ccccc3)cc2)cc1. The number of anilines is 3. The second kappa shape index (κ2) is 15.2. The van der Waals surface area contributed by atoms with Crippen molar-refractivity contribution >= 4 is 17.1 Å². The molecule has 0 amide bonds. The topological polar surface area (TPSA) is 3.24 Å². The lowest BCUT2D eigenvalue weighted by atomic mass is 9.67. The van der Waals surface area contributed by atoms with Crippen LogP contribution < -0.4 is 4.90 Å². The van der Waals surface area contributed by atoms with E-state index in [0.717, 1.165) is 29.9 Å². The third-order valence-corrected chi connectivity index (χ3v) is 12.9. The molecule has 0 unspecified atom stereocenters. The first-order valence-corrected chi connectivity index (χ1v) is 21.4. The fourth-order valence-corrected chi connectivity index (χ4v) is 10.2. The molecule has 0 N–H and O–H groups in total. The third kappa shape index (κ3) is 6.00. The van der Waals surface area contributed by atoms with Crippen molar-refractivity contribution in [1.82, 2.24) is 0 Å². The maximum absolute atomic E-state index is 2.55. The molecule has 1 heteroatoms. The lowest BCUT2D eigenvalue weighted by Crippen LogP contribution is -2.28. The van der Waals surface area contributed by atoms with Crippen LogP contribution in [0.3, 0.4) is 0 Å². The molecule has 0 atom stereocenters. The van der Waals surface area contributed by atoms with E-state index in [1.807, 2.05) is 0 Å². The minimum absolute atomic E-state index is 0.542. The molecule has 2 aliphatic carbocycles. The number of hydrogen-bond donors (Lipinski definition) is 0. The van der Waals surface area contributed by atoms with Gasteiger partial charge in [-0.2, -0.15) is 0 Å². The van der Waals surface area contributed by atoms with Crippen molar-refractivity contribution in [2.45, 2.75) is 31.1 Å². The molecule has 0 aromatic heterocycles. The molecule has 0 radical (unpaired) electrons. The highest BCUT2D eigenvalue weighted by molar-refractivity contribution is 5.99. The van der Waals surface area contributed by atoms with E-state index in [1.165, 1.54) is 90.7 Å². The Morgan fingerprint density at radius 3 is 1.53 bits per heavy atom. The summed E-state index contributed by atoms with van der Waals surface area (Å²) in [4.78, 5) is 2.54. The van der Waals surface area contributed by atoms with Crippen LogP contribution in [0.2, 0.25) is 0 Å². The molecular weight excluding hydrogens is 723 g/mol. The number of hydrogen-bond acceptors (Lipinski definition) is 1. The van der Waals surface area contributed by atoms with E-state index >= 15 is 0 Å². The highest BCUT2D eigenvalue weighted by Gasteiger charge is 2.47. The predicted molar refractivity (Wildman–Crippen MR) is 251 cm³/mol. The lowest BCUT2D eigenvalue weighted by Gasteiger charge is -2.36. The highest BCUT2D eigenvalue weighted by Crippen LogP contribution is 2.59. The third-order valence-electron chi connectivity index (χ3n) is 12.9. The molecule has 0 bridgehead atoms. The molecule has 9 aromatic carbocycles. The zero-order chi connectivity index (χ0) is 39.9. The van der Waals surface area contributed by atoms with E-state index in [-0.39, 0.29) is 0 Å².